The average molecular weight is 354 g/mol. The Balaban J connectivity index is 1.60. The van der Waals surface area contributed by atoms with Crippen LogP contribution in [0, 0.1) is 0 Å². The fourth-order valence-corrected chi connectivity index (χ4v) is 2.91. The molecule has 3 N–H and O–H groups in total. The van der Waals surface area contributed by atoms with Crippen molar-refractivity contribution in [2.24, 2.45) is 0 Å². The van der Waals surface area contributed by atoms with Crippen LogP contribution in [0.25, 0.3) is 0 Å². The number of rotatable bonds is 3. The molecule has 3 rings (SSSR count). The maximum Gasteiger partial charge on any atom is 0.257 e. The molecule has 2 amide bonds. The van der Waals surface area contributed by atoms with E-state index in [1.165, 1.54) is 6.92 Å². The fraction of sp³-hybridized carbons (Fsp3) is 0.167. The minimum Gasteiger partial charge on any atom is -0.332 e. The Morgan fingerprint density at radius 3 is 2.48 bits per heavy atom. The van der Waals surface area contributed by atoms with E-state index in [1.54, 1.807) is 24.3 Å². The van der Waals surface area contributed by atoms with E-state index < -0.39 is 0 Å². The zero-order valence-electron chi connectivity index (χ0n) is 13.7. The second-order valence-corrected chi connectivity index (χ2v) is 6.19. The van der Waals surface area contributed by atoms with Gasteiger partial charge >= 0.3 is 0 Å². The first-order chi connectivity index (χ1) is 12.0. The van der Waals surface area contributed by atoms with Crippen LogP contribution >= 0.6 is 12.2 Å². The molecule has 0 radical (unpaired) electrons. The number of thiocarbonyl (C=S) groups is 1. The third-order valence-corrected chi connectivity index (χ3v) is 3.97. The molecule has 1 heterocycles. The number of amides is 2. The Morgan fingerprint density at radius 2 is 1.76 bits per heavy atom. The largest absolute Gasteiger partial charge is 0.332 e. The monoisotopic (exact) mass is 354 g/mol. The molecule has 0 aromatic heterocycles. The smallest absolute Gasteiger partial charge is 0.257 e. The van der Waals surface area contributed by atoms with Crippen LogP contribution in [0.15, 0.2) is 48.5 Å². The first-order valence-corrected chi connectivity index (χ1v) is 8.23. The molecule has 0 saturated carbocycles. The molecule has 1 aliphatic rings. The van der Waals surface area contributed by atoms with Crippen molar-refractivity contribution in [3.05, 3.63) is 65.2 Å². The number of hydrogen-bond donors (Lipinski definition) is 3. The quantitative estimate of drug-likeness (QED) is 0.737. The molecule has 0 fully saturated rings. The number of hydrogen-bond acceptors (Lipinski definition) is 4. The van der Waals surface area contributed by atoms with Crippen molar-refractivity contribution in [2.75, 3.05) is 5.32 Å². The Bertz CT molecular complexity index is 823. The number of fused-ring (bicyclic) bond motifs is 1. The molecule has 0 bridgehead atoms. The van der Waals surface area contributed by atoms with Crippen LogP contribution in [0.5, 0.6) is 0 Å². The van der Waals surface area contributed by atoms with Gasteiger partial charge in [-0.05, 0) is 47.6 Å². The highest BCUT2D eigenvalue weighted by Gasteiger charge is 2.20. The van der Waals surface area contributed by atoms with Gasteiger partial charge < -0.3 is 5.32 Å². The van der Waals surface area contributed by atoms with Gasteiger partial charge in [-0.3, -0.25) is 20.3 Å². The number of nitrogens with zero attached hydrogens (tertiary/aromatic N) is 1. The van der Waals surface area contributed by atoms with Gasteiger partial charge in [0.05, 0.1) is 0 Å². The second-order valence-electron chi connectivity index (χ2n) is 5.78. The van der Waals surface area contributed by atoms with Gasteiger partial charge in [-0.1, -0.05) is 24.3 Å². The fourth-order valence-electron chi connectivity index (χ4n) is 2.70. The summed E-state index contributed by atoms with van der Waals surface area (Å²) in [6.07, 6.45) is 0. The standard InChI is InChI=1S/C18H18N4O2S/c1-12(23)21-22-10-14-7-8-16(9-15(14)11-22)19-18(25)20-17(24)13-5-3-2-4-6-13/h2-9H,10-11H2,1H3,(H,21,23)(H2,19,20,24,25). The van der Waals surface area contributed by atoms with Gasteiger partial charge in [-0.15, -0.1) is 0 Å². The van der Waals surface area contributed by atoms with Gasteiger partial charge in [-0.25, -0.2) is 5.01 Å². The molecule has 7 heteroatoms. The van der Waals surface area contributed by atoms with Crippen LogP contribution < -0.4 is 16.1 Å². The van der Waals surface area contributed by atoms with E-state index in [4.69, 9.17) is 12.2 Å². The Labute approximate surface area is 151 Å². The van der Waals surface area contributed by atoms with Gasteiger partial charge in [0.15, 0.2) is 5.11 Å². The first kappa shape index (κ1) is 17.1. The van der Waals surface area contributed by atoms with Crippen molar-refractivity contribution in [3.63, 3.8) is 0 Å². The molecular weight excluding hydrogens is 336 g/mol. The minimum atomic E-state index is -0.254. The highest BCUT2D eigenvalue weighted by molar-refractivity contribution is 7.80. The van der Waals surface area contributed by atoms with E-state index in [2.05, 4.69) is 16.1 Å². The van der Waals surface area contributed by atoms with Crippen molar-refractivity contribution in [3.8, 4) is 0 Å². The summed E-state index contributed by atoms with van der Waals surface area (Å²) in [5, 5.41) is 7.78. The van der Waals surface area contributed by atoms with E-state index in [1.807, 2.05) is 29.3 Å². The summed E-state index contributed by atoms with van der Waals surface area (Å²) in [5.41, 5.74) is 6.38. The summed E-state index contributed by atoms with van der Waals surface area (Å²) in [6, 6.07) is 14.8. The number of anilines is 1. The van der Waals surface area contributed by atoms with Crippen LogP contribution in [0.4, 0.5) is 5.69 Å². The highest BCUT2D eigenvalue weighted by Crippen LogP contribution is 2.24. The van der Waals surface area contributed by atoms with Crippen LogP contribution in [0.3, 0.4) is 0 Å². The zero-order valence-corrected chi connectivity index (χ0v) is 14.5. The lowest BCUT2D eigenvalue weighted by Gasteiger charge is -2.14. The second kappa shape index (κ2) is 7.42. The lowest BCUT2D eigenvalue weighted by atomic mass is 10.1. The zero-order chi connectivity index (χ0) is 17.8. The predicted octanol–water partition coefficient (Wildman–Crippen LogP) is 2.18. The topological polar surface area (TPSA) is 73.5 Å². The van der Waals surface area contributed by atoms with Gasteiger partial charge in [0.2, 0.25) is 5.91 Å². The van der Waals surface area contributed by atoms with E-state index in [9.17, 15) is 9.59 Å². The van der Waals surface area contributed by atoms with Crippen molar-refractivity contribution in [1.29, 1.82) is 0 Å². The van der Waals surface area contributed by atoms with Gasteiger partial charge in [0, 0.05) is 31.3 Å². The molecule has 0 atom stereocenters. The molecule has 0 spiro atoms. The number of benzene rings is 2. The molecule has 2 aromatic rings. The molecule has 2 aromatic carbocycles. The molecule has 0 saturated heterocycles. The number of nitrogens with one attached hydrogen (secondary N) is 3. The number of carbonyl (C=O) groups excluding carboxylic acids is 2. The van der Waals surface area contributed by atoms with E-state index >= 15 is 0 Å². The Kier molecular flexibility index (Phi) is 5.06. The van der Waals surface area contributed by atoms with Crippen molar-refractivity contribution in [1.82, 2.24) is 15.8 Å². The molecular formula is C18H18N4O2S. The lowest BCUT2D eigenvalue weighted by Crippen LogP contribution is -2.36. The number of carbonyl (C=O) groups is 2. The van der Waals surface area contributed by atoms with Crippen LogP contribution in [-0.4, -0.2) is 21.9 Å². The summed E-state index contributed by atoms with van der Waals surface area (Å²) in [7, 11) is 0. The number of hydrazine groups is 1. The lowest BCUT2D eigenvalue weighted by molar-refractivity contribution is -0.123. The van der Waals surface area contributed by atoms with Gasteiger partial charge in [0.1, 0.15) is 0 Å². The Morgan fingerprint density at radius 1 is 1.04 bits per heavy atom. The molecule has 1 aliphatic heterocycles. The van der Waals surface area contributed by atoms with Crippen molar-refractivity contribution < 1.29 is 9.59 Å². The third-order valence-electron chi connectivity index (χ3n) is 3.77. The molecule has 25 heavy (non-hydrogen) atoms. The van der Waals surface area contributed by atoms with E-state index in [0.29, 0.717) is 18.7 Å². The summed E-state index contributed by atoms with van der Waals surface area (Å²) < 4.78 is 0. The summed E-state index contributed by atoms with van der Waals surface area (Å²) in [6.45, 7) is 2.79. The first-order valence-electron chi connectivity index (χ1n) is 7.82. The minimum absolute atomic E-state index is 0.0871. The maximum atomic E-state index is 12.1. The van der Waals surface area contributed by atoms with Gasteiger partial charge in [-0.2, -0.15) is 0 Å². The summed E-state index contributed by atoms with van der Waals surface area (Å²) >= 11 is 5.21. The summed E-state index contributed by atoms with van der Waals surface area (Å²) in [4.78, 5) is 23.3. The highest BCUT2D eigenvalue weighted by atomic mass is 32.1. The van der Waals surface area contributed by atoms with Crippen LogP contribution in [-0.2, 0) is 17.9 Å². The SMILES string of the molecule is CC(=O)NN1Cc2ccc(NC(=S)NC(=O)c3ccccc3)cc2C1. The van der Waals surface area contributed by atoms with Crippen molar-refractivity contribution >= 4 is 34.8 Å². The normalized spacial score (nSPS) is 13.0. The van der Waals surface area contributed by atoms with Crippen LogP contribution in [0.1, 0.15) is 28.4 Å². The van der Waals surface area contributed by atoms with E-state index in [0.717, 1.165) is 16.8 Å². The molecule has 0 unspecified atom stereocenters. The van der Waals surface area contributed by atoms with Crippen LogP contribution in [0.2, 0.25) is 0 Å². The Hall–Kier alpha value is -2.77. The maximum absolute atomic E-state index is 12.1. The van der Waals surface area contributed by atoms with E-state index in [-0.39, 0.29) is 16.9 Å². The third kappa shape index (κ3) is 4.40. The van der Waals surface area contributed by atoms with Crippen molar-refractivity contribution in [2.45, 2.75) is 20.0 Å². The predicted molar refractivity (Wildman–Crippen MR) is 99.6 cm³/mol. The summed E-state index contributed by atoms with van der Waals surface area (Å²) in [5.74, 6) is -0.341. The molecule has 6 nitrogen and oxygen atoms in total. The molecule has 0 aliphatic carbocycles. The average Bonchev–Trinajstić information content (AvgIpc) is 2.96. The van der Waals surface area contributed by atoms with Gasteiger partial charge in [0.25, 0.3) is 5.91 Å². The molecule has 128 valence electrons.